The van der Waals surface area contributed by atoms with E-state index < -0.39 is 22.9 Å². The summed E-state index contributed by atoms with van der Waals surface area (Å²) in [6.07, 6.45) is -1.19. The molecule has 1 N–H and O–H groups in total. The van der Waals surface area contributed by atoms with E-state index in [4.69, 9.17) is 14.2 Å². The number of hydrogen-bond acceptors (Lipinski definition) is 7. The van der Waals surface area contributed by atoms with Crippen molar-refractivity contribution in [1.82, 2.24) is 0 Å². The molecule has 2 rings (SSSR count). The van der Waals surface area contributed by atoms with Crippen LogP contribution in [0.5, 0.6) is 11.5 Å². The number of nitro benzene ring substituents is 1. The van der Waals surface area contributed by atoms with Crippen molar-refractivity contribution in [2.45, 2.75) is 13.0 Å². The molecule has 2 aromatic carbocycles. The zero-order valence-corrected chi connectivity index (χ0v) is 14.9. The Morgan fingerprint density at radius 2 is 1.81 bits per heavy atom. The van der Waals surface area contributed by atoms with Gasteiger partial charge in [-0.1, -0.05) is 12.1 Å². The van der Waals surface area contributed by atoms with Crippen LogP contribution < -0.4 is 14.8 Å². The average molecular weight is 374 g/mol. The monoisotopic (exact) mass is 374 g/mol. The number of carbonyl (C=O) groups excluding carboxylic acids is 2. The number of nitrogens with zero attached hydrogens (tertiary/aromatic N) is 1. The zero-order chi connectivity index (χ0) is 20.0. The lowest BCUT2D eigenvalue weighted by Crippen LogP contribution is -2.30. The molecule has 9 nitrogen and oxygen atoms in total. The molecule has 9 heteroatoms. The first-order valence-corrected chi connectivity index (χ1v) is 7.84. The quantitative estimate of drug-likeness (QED) is 0.450. The third-order valence-corrected chi connectivity index (χ3v) is 3.64. The zero-order valence-electron chi connectivity index (χ0n) is 14.9. The van der Waals surface area contributed by atoms with Gasteiger partial charge in [0.05, 0.1) is 19.1 Å². The minimum absolute atomic E-state index is 0.0115. The molecule has 142 valence electrons. The molecule has 0 fully saturated rings. The smallest absolute Gasteiger partial charge is 0.342 e. The third-order valence-electron chi connectivity index (χ3n) is 3.64. The summed E-state index contributed by atoms with van der Waals surface area (Å²) in [6.45, 7) is 1.36. The van der Waals surface area contributed by atoms with Crippen molar-refractivity contribution >= 4 is 23.3 Å². The van der Waals surface area contributed by atoms with Crippen LogP contribution in [0.3, 0.4) is 0 Å². The molecule has 0 aliphatic carbocycles. The van der Waals surface area contributed by atoms with E-state index in [1.807, 2.05) is 0 Å². The van der Waals surface area contributed by atoms with E-state index in [0.717, 1.165) is 0 Å². The largest absolute Gasteiger partial charge is 0.497 e. The highest BCUT2D eigenvalue weighted by Crippen LogP contribution is 2.26. The fraction of sp³-hybridized carbons (Fsp3) is 0.222. The van der Waals surface area contributed by atoms with Gasteiger partial charge >= 0.3 is 5.97 Å². The second-order valence-corrected chi connectivity index (χ2v) is 5.38. The van der Waals surface area contributed by atoms with Crippen LogP contribution in [0.2, 0.25) is 0 Å². The fourth-order valence-electron chi connectivity index (χ4n) is 2.22. The Balaban J connectivity index is 2.11. The van der Waals surface area contributed by atoms with Crippen molar-refractivity contribution in [3.05, 3.63) is 58.1 Å². The lowest BCUT2D eigenvalue weighted by Gasteiger charge is -2.15. The molecule has 0 aromatic heterocycles. The molecule has 0 aliphatic heterocycles. The number of esters is 1. The molecule has 27 heavy (non-hydrogen) atoms. The Morgan fingerprint density at radius 1 is 1.11 bits per heavy atom. The molecule has 1 amide bonds. The number of nitro groups is 1. The highest BCUT2D eigenvalue weighted by Gasteiger charge is 2.24. The standard InChI is InChI=1S/C18H18N2O7/c1-11(17(21)19-14-6-4-5-7-15(14)20(23)24)27-18(22)13-9-8-12(25-2)10-16(13)26-3/h4-11H,1-3H3,(H,19,21)/t11-/m1/s1. The molecule has 0 heterocycles. The Kier molecular flexibility index (Phi) is 6.32. The summed E-state index contributed by atoms with van der Waals surface area (Å²) in [7, 11) is 2.86. The lowest BCUT2D eigenvalue weighted by atomic mass is 10.2. The van der Waals surface area contributed by atoms with Crippen LogP contribution in [0.15, 0.2) is 42.5 Å². The molecule has 0 saturated carbocycles. The average Bonchev–Trinajstić information content (AvgIpc) is 2.67. The molecule has 1 atom stereocenters. The van der Waals surface area contributed by atoms with Crippen molar-refractivity contribution in [3.8, 4) is 11.5 Å². The van der Waals surface area contributed by atoms with Gasteiger partial charge in [0.2, 0.25) is 0 Å². The van der Waals surface area contributed by atoms with Gasteiger partial charge in [-0.15, -0.1) is 0 Å². The van der Waals surface area contributed by atoms with Gasteiger partial charge in [0, 0.05) is 12.1 Å². The number of ether oxygens (including phenoxy) is 3. The van der Waals surface area contributed by atoms with E-state index in [0.29, 0.717) is 5.75 Å². The normalized spacial score (nSPS) is 11.2. The number of amides is 1. The summed E-state index contributed by atoms with van der Waals surface area (Å²) in [5, 5.41) is 13.4. The van der Waals surface area contributed by atoms with Gasteiger partial charge < -0.3 is 19.5 Å². The highest BCUT2D eigenvalue weighted by molar-refractivity contribution is 5.99. The number of methoxy groups -OCH3 is 2. The first-order valence-electron chi connectivity index (χ1n) is 7.84. The van der Waals surface area contributed by atoms with Gasteiger partial charge in [-0.3, -0.25) is 14.9 Å². The molecule has 0 saturated heterocycles. The van der Waals surface area contributed by atoms with E-state index in [1.54, 1.807) is 12.1 Å². The van der Waals surface area contributed by atoms with Crippen molar-refractivity contribution in [2.24, 2.45) is 0 Å². The van der Waals surface area contributed by atoms with E-state index in [-0.39, 0.29) is 22.7 Å². The van der Waals surface area contributed by atoms with Crippen LogP contribution in [0.25, 0.3) is 0 Å². The minimum atomic E-state index is -1.19. The fourth-order valence-corrected chi connectivity index (χ4v) is 2.22. The number of rotatable bonds is 7. The predicted octanol–water partition coefficient (Wildman–Crippen LogP) is 2.80. The second-order valence-electron chi connectivity index (χ2n) is 5.38. The SMILES string of the molecule is COc1ccc(C(=O)O[C@H](C)C(=O)Nc2ccccc2[N+](=O)[O-])c(OC)c1. The summed E-state index contributed by atoms with van der Waals surface area (Å²) < 4.78 is 15.3. The molecule has 0 aliphatic rings. The van der Waals surface area contributed by atoms with Crippen molar-refractivity contribution in [2.75, 3.05) is 19.5 Å². The maximum Gasteiger partial charge on any atom is 0.342 e. The Labute approximate surface area is 155 Å². The Hall–Kier alpha value is -3.62. The summed E-state index contributed by atoms with van der Waals surface area (Å²) in [5.41, 5.74) is -0.137. The van der Waals surface area contributed by atoms with Gasteiger partial charge in [0.15, 0.2) is 6.10 Å². The molecule has 0 unspecified atom stereocenters. The molecule has 0 spiro atoms. The van der Waals surface area contributed by atoms with Gasteiger partial charge in [0.25, 0.3) is 11.6 Å². The number of anilines is 1. The first-order chi connectivity index (χ1) is 12.9. The number of para-hydroxylation sites is 2. The summed E-state index contributed by atoms with van der Waals surface area (Å²) in [5.74, 6) is -0.763. The van der Waals surface area contributed by atoms with Gasteiger partial charge in [-0.05, 0) is 25.1 Å². The van der Waals surface area contributed by atoms with Crippen LogP contribution >= 0.6 is 0 Å². The summed E-state index contributed by atoms with van der Waals surface area (Å²) in [6, 6.07) is 10.2. The summed E-state index contributed by atoms with van der Waals surface area (Å²) in [4.78, 5) is 35.0. The third kappa shape index (κ3) is 4.72. The van der Waals surface area contributed by atoms with E-state index >= 15 is 0 Å². The number of carbonyl (C=O) groups is 2. The maximum atomic E-state index is 12.3. The van der Waals surface area contributed by atoms with Gasteiger partial charge in [0.1, 0.15) is 22.7 Å². The first kappa shape index (κ1) is 19.7. The van der Waals surface area contributed by atoms with Crippen molar-refractivity contribution < 1.29 is 28.7 Å². The van der Waals surface area contributed by atoms with Gasteiger partial charge in [-0.25, -0.2) is 4.79 Å². The van der Waals surface area contributed by atoms with Crippen LogP contribution in [-0.2, 0) is 9.53 Å². The molecular formula is C18H18N2O7. The van der Waals surface area contributed by atoms with Crippen LogP contribution in [0, 0.1) is 10.1 Å². The maximum absolute atomic E-state index is 12.3. The van der Waals surface area contributed by atoms with Crippen molar-refractivity contribution in [3.63, 3.8) is 0 Å². The predicted molar refractivity (Wildman–Crippen MR) is 96.1 cm³/mol. The lowest BCUT2D eigenvalue weighted by molar-refractivity contribution is -0.383. The number of nitrogens with one attached hydrogen (secondary N) is 1. The number of hydrogen-bond donors (Lipinski definition) is 1. The van der Waals surface area contributed by atoms with Crippen LogP contribution in [-0.4, -0.2) is 37.1 Å². The second kappa shape index (κ2) is 8.65. The minimum Gasteiger partial charge on any atom is -0.497 e. The Morgan fingerprint density at radius 3 is 2.44 bits per heavy atom. The van der Waals surface area contributed by atoms with Crippen molar-refractivity contribution in [1.29, 1.82) is 0 Å². The molecule has 0 radical (unpaired) electrons. The van der Waals surface area contributed by atoms with E-state index in [2.05, 4.69) is 5.32 Å². The Bertz CT molecular complexity index is 867. The summed E-state index contributed by atoms with van der Waals surface area (Å²) >= 11 is 0. The van der Waals surface area contributed by atoms with Crippen LogP contribution in [0.1, 0.15) is 17.3 Å². The molecule has 0 bridgehead atoms. The topological polar surface area (TPSA) is 117 Å². The van der Waals surface area contributed by atoms with Crippen LogP contribution in [0.4, 0.5) is 11.4 Å². The molecule has 2 aromatic rings. The highest BCUT2D eigenvalue weighted by atomic mass is 16.6. The van der Waals surface area contributed by atoms with E-state index in [1.165, 1.54) is 51.5 Å². The molecular weight excluding hydrogens is 356 g/mol. The number of benzene rings is 2. The van der Waals surface area contributed by atoms with E-state index in [9.17, 15) is 19.7 Å². The van der Waals surface area contributed by atoms with Gasteiger partial charge in [-0.2, -0.15) is 0 Å².